The quantitative estimate of drug-likeness (QED) is 0.895. The van der Waals surface area contributed by atoms with Crippen LogP contribution in [-0.2, 0) is 6.54 Å². The van der Waals surface area contributed by atoms with E-state index < -0.39 is 0 Å². The fourth-order valence-electron chi connectivity index (χ4n) is 3.08. The fraction of sp³-hybridized carbons (Fsp3) is 0.625. The molecule has 0 atom stereocenters. The van der Waals surface area contributed by atoms with Gasteiger partial charge in [0, 0.05) is 23.1 Å². The van der Waals surface area contributed by atoms with Gasteiger partial charge in [0.1, 0.15) is 0 Å². The van der Waals surface area contributed by atoms with Gasteiger partial charge >= 0.3 is 0 Å². The van der Waals surface area contributed by atoms with Gasteiger partial charge < -0.3 is 10.6 Å². The third kappa shape index (κ3) is 3.42. The molecule has 0 bridgehead atoms. The van der Waals surface area contributed by atoms with E-state index in [1.807, 2.05) is 0 Å². The summed E-state index contributed by atoms with van der Waals surface area (Å²) in [4.78, 5) is 4.97. The maximum absolute atomic E-state index is 6.15. The van der Waals surface area contributed by atoms with E-state index in [9.17, 15) is 0 Å². The van der Waals surface area contributed by atoms with Crippen LogP contribution in [-0.4, -0.2) is 48.6 Å². The topological polar surface area (TPSA) is 32.5 Å². The highest BCUT2D eigenvalue weighted by Crippen LogP contribution is 2.29. The molecule has 1 aromatic carbocycles. The Balaban J connectivity index is 2.06. The number of hydrogen-bond donors (Lipinski definition) is 1. The van der Waals surface area contributed by atoms with Gasteiger partial charge in [-0.3, -0.25) is 4.90 Å². The van der Waals surface area contributed by atoms with Gasteiger partial charge in [-0.2, -0.15) is 0 Å². The monoisotopic (exact) mass is 339 g/mol. The highest BCUT2D eigenvalue weighted by molar-refractivity contribution is 9.10. The molecule has 1 heterocycles. The van der Waals surface area contributed by atoms with Gasteiger partial charge in [0.2, 0.25) is 0 Å². The normalized spacial score (nSPS) is 19.4. The molecule has 0 unspecified atom stereocenters. The molecule has 0 amide bonds. The van der Waals surface area contributed by atoms with Crippen molar-refractivity contribution in [3.63, 3.8) is 0 Å². The zero-order valence-corrected chi connectivity index (χ0v) is 14.2. The molecule has 0 saturated carbocycles. The molecule has 0 aromatic heterocycles. The highest BCUT2D eigenvalue weighted by atomic mass is 79.9. The average molecular weight is 340 g/mol. The van der Waals surface area contributed by atoms with Crippen LogP contribution < -0.4 is 5.73 Å². The average Bonchev–Trinajstić information content (AvgIpc) is 2.49. The summed E-state index contributed by atoms with van der Waals surface area (Å²) in [5, 5.41) is 0. The first-order valence-corrected chi connectivity index (χ1v) is 8.27. The number of halogens is 1. The van der Waals surface area contributed by atoms with Crippen molar-refractivity contribution in [2.45, 2.75) is 31.8 Å². The van der Waals surface area contributed by atoms with Crippen molar-refractivity contribution in [3.8, 4) is 0 Å². The van der Waals surface area contributed by atoms with Crippen molar-refractivity contribution in [1.82, 2.24) is 9.80 Å². The molecular weight excluding hydrogens is 314 g/mol. The maximum atomic E-state index is 6.15. The summed E-state index contributed by atoms with van der Waals surface area (Å²) in [7, 11) is 2.22. The van der Waals surface area contributed by atoms with Crippen molar-refractivity contribution < 1.29 is 0 Å². The molecule has 1 aromatic rings. The summed E-state index contributed by atoms with van der Waals surface area (Å²) < 4.78 is 1.19. The minimum absolute atomic E-state index is 0.154. The standard InChI is InChI=1S/C16H26BrN3/c1-3-20-10-8-16(13-18,9-11-20)19(2)12-14-6-4-5-7-15(14)17/h4-7H,3,8-13,18H2,1-2H3. The Kier molecular flexibility index (Phi) is 5.61. The molecule has 0 radical (unpaired) electrons. The van der Waals surface area contributed by atoms with E-state index in [-0.39, 0.29) is 5.54 Å². The number of rotatable bonds is 5. The number of benzene rings is 1. The van der Waals surface area contributed by atoms with E-state index in [4.69, 9.17) is 5.73 Å². The van der Waals surface area contributed by atoms with Crippen molar-refractivity contribution in [2.24, 2.45) is 5.73 Å². The molecule has 4 heteroatoms. The molecule has 0 spiro atoms. The largest absolute Gasteiger partial charge is 0.329 e. The van der Waals surface area contributed by atoms with Crippen LogP contribution in [0.2, 0.25) is 0 Å². The predicted octanol–water partition coefficient (Wildman–Crippen LogP) is 2.69. The van der Waals surface area contributed by atoms with Gasteiger partial charge in [0.25, 0.3) is 0 Å². The number of likely N-dealkylation sites (N-methyl/N-ethyl adjacent to an activating group) is 1. The Bertz CT molecular complexity index is 427. The van der Waals surface area contributed by atoms with Gasteiger partial charge in [-0.05, 0) is 51.2 Å². The van der Waals surface area contributed by atoms with Crippen LogP contribution in [0.5, 0.6) is 0 Å². The first kappa shape index (κ1) is 16.0. The van der Waals surface area contributed by atoms with Crippen LogP contribution in [0.4, 0.5) is 0 Å². The van der Waals surface area contributed by atoms with E-state index in [0.29, 0.717) is 0 Å². The number of nitrogens with zero attached hydrogens (tertiary/aromatic N) is 2. The Morgan fingerprint density at radius 1 is 1.30 bits per heavy atom. The fourth-order valence-corrected chi connectivity index (χ4v) is 3.49. The lowest BCUT2D eigenvalue weighted by molar-refractivity contribution is 0.0417. The zero-order valence-electron chi connectivity index (χ0n) is 12.6. The summed E-state index contributed by atoms with van der Waals surface area (Å²) in [6.07, 6.45) is 2.33. The summed E-state index contributed by atoms with van der Waals surface area (Å²) in [5.74, 6) is 0. The summed E-state index contributed by atoms with van der Waals surface area (Å²) in [5.41, 5.74) is 7.63. The molecule has 2 N–H and O–H groups in total. The number of hydrogen-bond acceptors (Lipinski definition) is 3. The van der Waals surface area contributed by atoms with Gasteiger partial charge in [-0.15, -0.1) is 0 Å². The SMILES string of the molecule is CCN1CCC(CN)(N(C)Cc2ccccc2Br)CC1. The zero-order chi connectivity index (χ0) is 14.6. The second kappa shape index (κ2) is 7.03. The van der Waals surface area contributed by atoms with E-state index in [0.717, 1.165) is 45.6 Å². The summed E-state index contributed by atoms with van der Waals surface area (Å²) >= 11 is 3.64. The first-order valence-electron chi connectivity index (χ1n) is 7.48. The first-order chi connectivity index (χ1) is 9.61. The van der Waals surface area contributed by atoms with Crippen LogP contribution >= 0.6 is 15.9 Å². The molecule has 20 heavy (non-hydrogen) atoms. The van der Waals surface area contributed by atoms with Crippen molar-refractivity contribution in [3.05, 3.63) is 34.3 Å². The lowest BCUT2D eigenvalue weighted by Crippen LogP contribution is -2.57. The van der Waals surface area contributed by atoms with Crippen LogP contribution in [0.15, 0.2) is 28.7 Å². The van der Waals surface area contributed by atoms with Crippen LogP contribution in [0, 0.1) is 0 Å². The van der Waals surface area contributed by atoms with Gasteiger partial charge in [-0.1, -0.05) is 41.1 Å². The Labute approximate surface area is 131 Å². The maximum Gasteiger partial charge on any atom is 0.0356 e. The third-order valence-electron chi connectivity index (χ3n) is 4.79. The molecule has 112 valence electrons. The molecule has 0 aliphatic carbocycles. The van der Waals surface area contributed by atoms with Crippen LogP contribution in [0.3, 0.4) is 0 Å². The Morgan fingerprint density at radius 3 is 2.50 bits per heavy atom. The van der Waals surface area contributed by atoms with E-state index in [1.165, 1.54) is 10.0 Å². The molecule has 2 rings (SSSR count). The lowest BCUT2D eigenvalue weighted by Gasteiger charge is -2.47. The Morgan fingerprint density at radius 2 is 1.95 bits per heavy atom. The summed E-state index contributed by atoms with van der Waals surface area (Å²) in [6, 6.07) is 8.46. The van der Waals surface area contributed by atoms with Gasteiger partial charge in [-0.25, -0.2) is 0 Å². The highest BCUT2D eigenvalue weighted by Gasteiger charge is 2.36. The summed E-state index contributed by atoms with van der Waals surface area (Å²) in [6.45, 7) is 7.40. The minimum Gasteiger partial charge on any atom is -0.329 e. The van der Waals surface area contributed by atoms with Gasteiger partial charge in [0.15, 0.2) is 0 Å². The third-order valence-corrected chi connectivity index (χ3v) is 5.56. The molecule has 1 saturated heterocycles. The molecule has 1 fully saturated rings. The molecule has 1 aliphatic rings. The number of likely N-dealkylation sites (tertiary alicyclic amines) is 1. The van der Waals surface area contributed by atoms with Crippen LogP contribution in [0.25, 0.3) is 0 Å². The lowest BCUT2D eigenvalue weighted by atomic mass is 9.85. The molecule has 1 aliphatic heterocycles. The number of piperidine rings is 1. The smallest absolute Gasteiger partial charge is 0.0356 e. The predicted molar refractivity (Wildman–Crippen MR) is 88.7 cm³/mol. The van der Waals surface area contributed by atoms with Crippen molar-refractivity contribution >= 4 is 15.9 Å². The van der Waals surface area contributed by atoms with E-state index in [2.05, 4.69) is 64.0 Å². The van der Waals surface area contributed by atoms with E-state index >= 15 is 0 Å². The van der Waals surface area contributed by atoms with Gasteiger partial charge in [0.05, 0.1) is 0 Å². The van der Waals surface area contributed by atoms with Crippen molar-refractivity contribution in [1.29, 1.82) is 0 Å². The Hall–Kier alpha value is -0.420. The number of nitrogens with two attached hydrogens (primary N) is 1. The second-order valence-corrected chi connectivity index (χ2v) is 6.66. The van der Waals surface area contributed by atoms with Crippen molar-refractivity contribution in [2.75, 3.05) is 33.2 Å². The molecular formula is C16H26BrN3. The van der Waals surface area contributed by atoms with Crippen LogP contribution in [0.1, 0.15) is 25.3 Å². The van der Waals surface area contributed by atoms with E-state index in [1.54, 1.807) is 0 Å². The minimum atomic E-state index is 0.154. The molecule has 3 nitrogen and oxygen atoms in total. The second-order valence-electron chi connectivity index (χ2n) is 5.81.